The minimum Gasteiger partial charge on any atom is -0.365 e. The van der Waals surface area contributed by atoms with Gasteiger partial charge >= 0.3 is 0 Å². The Morgan fingerprint density at radius 1 is 1.50 bits per heavy atom. The Morgan fingerprint density at radius 3 is 2.89 bits per heavy atom. The summed E-state index contributed by atoms with van der Waals surface area (Å²) >= 11 is 0. The lowest BCUT2D eigenvalue weighted by atomic mass is 10.2. The van der Waals surface area contributed by atoms with Gasteiger partial charge in [-0.15, -0.1) is 0 Å². The van der Waals surface area contributed by atoms with Crippen molar-refractivity contribution < 1.29 is 14.3 Å². The molecular formula is C12H15N3O3. The number of nitrogens with two attached hydrogens (primary N) is 1. The zero-order valence-corrected chi connectivity index (χ0v) is 10.1. The van der Waals surface area contributed by atoms with E-state index in [9.17, 15) is 9.59 Å². The third-order valence-electron chi connectivity index (χ3n) is 2.80. The van der Waals surface area contributed by atoms with E-state index in [2.05, 4.69) is 10.3 Å². The maximum Gasteiger partial charge on any atom is 0.267 e. The Balaban J connectivity index is 2.03. The number of ether oxygens (including phenoxy) is 1. The number of nitrogens with one attached hydrogen (secondary N) is 1. The molecule has 0 bridgehead atoms. The molecule has 1 aromatic heterocycles. The molecule has 1 aromatic rings. The maximum atomic E-state index is 11.9. The predicted molar refractivity (Wildman–Crippen MR) is 65.0 cm³/mol. The first-order chi connectivity index (χ1) is 8.56. The summed E-state index contributed by atoms with van der Waals surface area (Å²) in [7, 11) is 0. The van der Waals surface area contributed by atoms with E-state index in [-0.39, 0.29) is 17.7 Å². The number of primary amides is 1. The number of aromatic nitrogens is 1. The van der Waals surface area contributed by atoms with E-state index in [1.54, 1.807) is 6.07 Å². The van der Waals surface area contributed by atoms with Crippen LogP contribution in [0.25, 0.3) is 0 Å². The lowest BCUT2D eigenvalue weighted by Gasteiger charge is -2.11. The van der Waals surface area contributed by atoms with Crippen LogP contribution in [0.5, 0.6) is 0 Å². The normalized spacial score (nSPS) is 22.7. The van der Waals surface area contributed by atoms with Crippen LogP contribution in [-0.2, 0) is 9.53 Å². The van der Waals surface area contributed by atoms with E-state index in [1.165, 1.54) is 12.3 Å². The van der Waals surface area contributed by atoms with Crippen LogP contribution in [0.1, 0.15) is 30.3 Å². The Morgan fingerprint density at radius 2 is 2.28 bits per heavy atom. The summed E-state index contributed by atoms with van der Waals surface area (Å²) in [6.45, 7) is 1.94. The van der Waals surface area contributed by atoms with Gasteiger partial charge in [-0.2, -0.15) is 0 Å². The molecule has 6 nitrogen and oxygen atoms in total. The van der Waals surface area contributed by atoms with Gasteiger partial charge in [0.15, 0.2) is 0 Å². The molecule has 2 rings (SSSR count). The van der Waals surface area contributed by atoms with Crippen molar-refractivity contribution in [3.8, 4) is 0 Å². The molecule has 0 radical (unpaired) electrons. The summed E-state index contributed by atoms with van der Waals surface area (Å²) in [5.74, 6) is -0.835. The molecule has 96 valence electrons. The number of nitrogens with zero attached hydrogens (tertiary/aromatic N) is 1. The largest absolute Gasteiger partial charge is 0.365 e. The first-order valence-electron chi connectivity index (χ1n) is 5.78. The average molecular weight is 249 g/mol. The van der Waals surface area contributed by atoms with E-state index < -0.39 is 12.0 Å². The van der Waals surface area contributed by atoms with Crippen molar-refractivity contribution in [3.63, 3.8) is 0 Å². The molecule has 3 N–H and O–H groups in total. The van der Waals surface area contributed by atoms with Crippen LogP contribution in [0.2, 0.25) is 0 Å². The second-order valence-electron chi connectivity index (χ2n) is 4.30. The summed E-state index contributed by atoms with van der Waals surface area (Å²) in [6, 6.07) is 3.04. The molecule has 0 aliphatic carbocycles. The molecule has 6 heteroatoms. The fourth-order valence-corrected chi connectivity index (χ4v) is 1.86. The average Bonchev–Trinajstić information content (AvgIpc) is 2.76. The van der Waals surface area contributed by atoms with Gasteiger partial charge < -0.3 is 15.8 Å². The highest BCUT2D eigenvalue weighted by Gasteiger charge is 2.28. The highest BCUT2D eigenvalue weighted by atomic mass is 16.5. The molecule has 2 amide bonds. The maximum absolute atomic E-state index is 11.9. The first-order valence-corrected chi connectivity index (χ1v) is 5.78. The van der Waals surface area contributed by atoms with Crippen molar-refractivity contribution in [2.24, 2.45) is 5.73 Å². The highest BCUT2D eigenvalue weighted by molar-refractivity contribution is 5.96. The van der Waals surface area contributed by atoms with Gasteiger partial charge in [0.2, 0.25) is 0 Å². The van der Waals surface area contributed by atoms with Crippen LogP contribution in [-0.4, -0.2) is 29.0 Å². The van der Waals surface area contributed by atoms with Crippen LogP contribution in [0.4, 0.5) is 5.69 Å². The van der Waals surface area contributed by atoms with Gasteiger partial charge in [-0.1, -0.05) is 0 Å². The van der Waals surface area contributed by atoms with E-state index in [4.69, 9.17) is 10.5 Å². The fraction of sp³-hybridized carbons (Fsp3) is 0.417. The highest BCUT2D eigenvalue weighted by Crippen LogP contribution is 2.20. The quantitative estimate of drug-likeness (QED) is 0.823. The number of anilines is 1. The second kappa shape index (κ2) is 5.14. The molecule has 1 fully saturated rings. The molecule has 0 aromatic carbocycles. The lowest BCUT2D eigenvalue weighted by Crippen LogP contribution is -2.28. The van der Waals surface area contributed by atoms with Gasteiger partial charge in [0, 0.05) is 11.9 Å². The summed E-state index contributed by atoms with van der Waals surface area (Å²) in [4.78, 5) is 26.6. The lowest BCUT2D eigenvalue weighted by molar-refractivity contribution is -0.126. The smallest absolute Gasteiger partial charge is 0.267 e. The van der Waals surface area contributed by atoms with Crippen molar-refractivity contribution in [1.29, 1.82) is 0 Å². The second-order valence-corrected chi connectivity index (χ2v) is 4.30. The molecule has 18 heavy (non-hydrogen) atoms. The molecular weight excluding hydrogens is 234 g/mol. The Bertz CT molecular complexity index is 475. The van der Waals surface area contributed by atoms with E-state index in [0.29, 0.717) is 12.1 Å². The van der Waals surface area contributed by atoms with Crippen molar-refractivity contribution >= 4 is 17.5 Å². The van der Waals surface area contributed by atoms with Crippen LogP contribution >= 0.6 is 0 Å². The number of carbonyl (C=O) groups excluding carboxylic acids is 2. The number of pyridine rings is 1. The Labute approximate surface area is 105 Å². The Kier molecular flexibility index (Phi) is 3.57. The fourth-order valence-electron chi connectivity index (χ4n) is 1.86. The Hall–Kier alpha value is -1.95. The minimum absolute atomic E-state index is 0.111. The topological polar surface area (TPSA) is 94.3 Å². The van der Waals surface area contributed by atoms with Gasteiger partial charge in [-0.05, 0) is 31.9 Å². The summed E-state index contributed by atoms with van der Waals surface area (Å²) < 4.78 is 5.45. The molecule has 1 aliphatic heterocycles. The number of hydrogen-bond acceptors (Lipinski definition) is 4. The third kappa shape index (κ3) is 2.84. The number of amides is 2. The van der Waals surface area contributed by atoms with Crippen molar-refractivity contribution in [2.45, 2.75) is 32.0 Å². The van der Waals surface area contributed by atoms with Crippen molar-refractivity contribution in [1.82, 2.24) is 4.98 Å². The monoisotopic (exact) mass is 249 g/mol. The van der Waals surface area contributed by atoms with Crippen LogP contribution in [0.15, 0.2) is 18.3 Å². The molecule has 2 atom stereocenters. The molecule has 1 saturated heterocycles. The van der Waals surface area contributed by atoms with Crippen molar-refractivity contribution in [2.75, 3.05) is 5.32 Å². The van der Waals surface area contributed by atoms with Crippen LogP contribution < -0.4 is 11.1 Å². The molecule has 0 saturated carbocycles. The number of rotatable bonds is 3. The first kappa shape index (κ1) is 12.5. The van der Waals surface area contributed by atoms with Crippen LogP contribution in [0.3, 0.4) is 0 Å². The minimum atomic E-state index is -0.628. The zero-order chi connectivity index (χ0) is 13.1. The predicted octanol–water partition coefficient (Wildman–Crippen LogP) is 0.686. The van der Waals surface area contributed by atoms with Gasteiger partial charge in [0.1, 0.15) is 11.8 Å². The SMILES string of the molecule is C[C@@H]1CCC(C(=O)Nc2ccnc(C(N)=O)c2)O1. The van der Waals surface area contributed by atoms with E-state index in [1.807, 2.05) is 6.92 Å². The van der Waals surface area contributed by atoms with Gasteiger partial charge in [-0.3, -0.25) is 14.6 Å². The molecule has 1 unspecified atom stereocenters. The number of hydrogen-bond donors (Lipinski definition) is 2. The summed E-state index contributed by atoms with van der Waals surface area (Å²) in [5, 5.41) is 2.69. The summed E-state index contributed by atoms with van der Waals surface area (Å²) in [5.41, 5.74) is 5.73. The zero-order valence-electron chi connectivity index (χ0n) is 10.1. The van der Waals surface area contributed by atoms with E-state index in [0.717, 1.165) is 6.42 Å². The molecule has 2 heterocycles. The summed E-state index contributed by atoms with van der Waals surface area (Å²) in [6.07, 6.45) is 2.69. The standard InChI is InChI=1S/C12H15N3O3/c1-7-2-3-10(18-7)12(17)15-8-4-5-14-9(6-8)11(13)16/h4-7,10H,2-3H2,1H3,(H2,13,16)(H,14,15,17)/t7-,10?/m1/s1. The number of carbonyl (C=O) groups is 2. The van der Waals surface area contributed by atoms with E-state index >= 15 is 0 Å². The van der Waals surface area contributed by atoms with Gasteiger partial charge in [0.05, 0.1) is 6.10 Å². The van der Waals surface area contributed by atoms with Crippen LogP contribution in [0, 0.1) is 0 Å². The van der Waals surface area contributed by atoms with Gasteiger partial charge in [0.25, 0.3) is 11.8 Å². The van der Waals surface area contributed by atoms with Crippen molar-refractivity contribution in [3.05, 3.63) is 24.0 Å². The third-order valence-corrected chi connectivity index (χ3v) is 2.80. The molecule has 1 aliphatic rings. The van der Waals surface area contributed by atoms with Gasteiger partial charge in [-0.25, -0.2) is 0 Å². The molecule has 0 spiro atoms.